The molecule has 5 heterocycles. The zero-order chi connectivity index (χ0) is 21.5. The lowest BCUT2D eigenvalue weighted by Crippen LogP contribution is -2.42. The Morgan fingerprint density at radius 3 is 2.29 bits per heavy atom. The first-order valence-corrected chi connectivity index (χ1v) is 10.8. The van der Waals surface area contributed by atoms with E-state index < -0.39 is 12.0 Å². The van der Waals surface area contributed by atoms with Gasteiger partial charge < -0.3 is 9.80 Å². The highest BCUT2D eigenvalue weighted by molar-refractivity contribution is 7.12. The van der Waals surface area contributed by atoms with Crippen LogP contribution in [0.4, 0.5) is 24.7 Å². The lowest BCUT2D eigenvalue weighted by molar-refractivity contribution is -0.144. The second kappa shape index (κ2) is 7.66. The van der Waals surface area contributed by atoms with Gasteiger partial charge in [-0.3, -0.25) is 4.98 Å². The monoisotopic (exact) mass is 448 g/mol. The Morgan fingerprint density at radius 2 is 1.65 bits per heavy atom. The zero-order valence-corrected chi connectivity index (χ0v) is 17.3. The van der Waals surface area contributed by atoms with Gasteiger partial charge in [0, 0.05) is 26.2 Å². The molecular formula is C19H19F3N8S. The minimum Gasteiger partial charge on any atom is -0.368 e. The van der Waals surface area contributed by atoms with Crippen molar-refractivity contribution < 1.29 is 13.2 Å². The van der Waals surface area contributed by atoms with Gasteiger partial charge in [0.2, 0.25) is 5.82 Å². The van der Waals surface area contributed by atoms with Crippen molar-refractivity contribution >= 4 is 22.8 Å². The second-order valence-electron chi connectivity index (χ2n) is 7.93. The standard InChI is InChI=1S/C19H19F3N8S/c20-19(21,22)17-24-7-13(8-25-17)30-6-3-18(11-30)1-4-29(5-2-18)15-10-23-9-14(27-15)16-28-26-12-31-16/h7-10,12H,1-6,11H2. The van der Waals surface area contributed by atoms with Gasteiger partial charge >= 0.3 is 6.18 Å². The number of nitrogens with zero attached hydrogens (tertiary/aromatic N) is 8. The maximum absolute atomic E-state index is 12.7. The van der Waals surface area contributed by atoms with Crippen molar-refractivity contribution in [3.63, 3.8) is 0 Å². The van der Waals surface area contributed by atoms with Gasteiger partial charge in [-0.25, -0.2) is 15.0 Å². The van der Waals surface area contributed by atoms with Crippen molar-refractivity contribution in [3.8, 4) is 10.7 Å². The third-order valence-electron chi connectivity index (χ3n) is 6.04. The molecule has 0 aromatic carbocycles. The van der Waals surface area contributed by atoms with Crippen molar-refractivity contribution in [3.05, 3.63) is 36.1 Å². The lowest BCUT2D eigenvalue weighted by atomic mass is 9.78. The molecule has 2 aliphatic rings. The molecule has 0 aliphatic carbocycles. The number of hydrogen-bond donors (Lipinski definition) is 0. The van der Waals surface area contributed by atoms with Gasteiger partial charge in [0.05, 0.1) is 30.5 Å². The number of rotatable bonds is 3. The predicted octanol–water partition coefficient (Wildman–Crippen LogP) is 3.30. The summed E-state index contributed by atoms with van der Waals surface area (Å²) in [4.78, 5) is 20.3. The van der Waals surface area contributed by atoms with Crippen LogP contribution in [0, 0.1) is 5.41 Å². The van der Waals surface area contributed by atoms with Crippen molar-refractivity contribution in [2.75, 3.05) is 36.0 Å². The van der Waals surface area contributed by atoms with Crippen LogP contribution < -0.4 is 9.80 Å². The maximum atomic E-state index is 12.7. The average molecular weight is 448 g/mol. The zero-order valence-electron chi connectivity index (χ0n) is 16.5. The van der Waals surface area contributed by atoms with Crippen LogP contribution >= 0.6 is 11.3 Å². The average Bonchev–Trinajstić information content (AvgIpc) is 3.45. The van der Waals surface area contributed by atoms with Crippen LogP contribution in [0.3, 0.4) is 0 Å². The van der Waals surface area contributed by atoms with E-state index in [9.17, 15) is 13.2 Å². The van der Waals surface area contributed by atoms with Crippen molar-refractivity contribution in [1.29, 1.82) is 0 Å². The van der Waals surface area contributed by atoms with E-state index in [-0.39, 0.29) is 5.41 Å². The molecule has 0 radical (unpaired) electrons. The molecule has 2 saturated heterocycles. The molecule has 3 aromatic rings. The van der Waals surface area contributed by atoms with E-state index in [0.29, 0.717) is 5.69 Å². The third kappa shape index (κ3) is 4.03. The molecular weight excluding hydrogens is 429 g/mol. The van der Waals surface area contributed by atoms with Crippen LogP contribution in [0.2, 0.25) is 0 Å². The largest absolute Gasteiger partial charge is 0.451 e. The highest BCUT2D eigenvalue weighted by Gasteiger charge is 2.41. The smallest absolute Gasteiger partial charge is 0.368 e. The third-order valence-corrected chi connectivity index (χ3v) is 6.76. The van der Waals surface area contributed by atoms with E-state index in [1.165, 1.54) is 23.7 Å². The SMILES string of the molecule is FC(F)(F)c1ncc(N2CCC3(CCN(c4cncc(-c5nncs5)n4)CC3)C2)cn1. The molecule has 31 heavy (non-hydrogen) atoms. The Labute approximate surface area is 180 Å². The number of hydrogen-bond acceptors (Lipinski definition) is 9. The van der Waals surface area contributed by atoms with Crippen molar-refractivity contribution in [1.82, 2.24) is 30.1 Å². The van der Waals surface area contributed by atoms with Crippen LogP contribution in [0.5, 0.6) is 0 Å². The van der Waals surface area contributed by atoms with Crippen LogP contribution in [0.1, 0.15) is 25.1 Å². The minimum absolute atomic E-state index is 0.142. The molecule has 2 fully saturated rings. The molecule has 0 bridgehead atoms. The fraction of sp³-hybridized carbons (Fsp3) is 0.474. The summed E-state index contributed by atoms with van der Waals surface area (Å²) in [6.07, 6.45) is 4.45. The fourth-order valence-corrected chi connectivity index (χ4v) is 4.81. The van der Waals surface area contributed by atoms with Crippen LogP contribution in [0.15, 0.2) is 30.3 Å². The second-order valence-corrected chi connectivity index (χ2v) is 8.76. The van der Waals surface area contributed by atoms with Gasteiger partial charge in [0.25, 0.3) is 0 Å². The van der Waals surface area contributed by atoms with Crippen LogP contribution in [-0.2, 0) is 6.18 Å². The Hall–Kier alpha value is -2.89. The van der Waals surface area contributed by atoms with Crippen LogP contribution in [0.25, 0.3) is 10.7 Å². The number of halogens is 3. The first-order valence-electron chi connectivity index (χ1n) is 9.90. The van der Waals surface area contributed by atoms with Gasteiger partial charge in [-0.05, 0) is 24.7 Å². The molecule has 5 rings (SSSR count). The number of piperidine rings is 1. The normalized spacial score (nSPS) is 18.7. The molecule has 0 atom stereocenters. The lowest BCUT2D eigenvalue weighted by Gasteiger charge is -2.39. The van der Waals surface area contributed by atoms with Crippen LogP contribution in [-0.4, -0.2) is 56.3 Å². The predicted molar refractivity (Wildman–Crippen MR) is 109 cm³/mol. The minimum atomic E-state index is -4.52. The van der Waals surface area contributed by atoms with E-state index >= 15 is 0 Å². The highest BCUT2D eigenvalue weighted by atomic mass is 32.1. The van der Waals surface area contributed by atoms with Gasteiger partial charge in [0.1, 0.15) is 17.0 Å². The molecule has 3 aromatic heterocycles. The first kappa shape index (κ1) is 20.0. The Bertz CT molecular complexity index is 1030. The van der Waals surface area contributed by atoms with E-state index in [1.54, 1.807) is 17.9 Å². The van der Waals surface area contributed by atoms with E-state index in [1.807, 2.05) is 0 Å². The quantitative estimate of drug-likeness (QED) is 0.604. The van der Waals surface area contributed by atoms with Crippen molar-refractivity contribution in [2.24, 2.45) is 5.41 Å². The van der Waals surface area contributed by atoms with Gasteiger partial charge in [0.15, 0.2) is 5.01 Å². The molecule has 0 unspecified atom stereocenters. The van der Waals surface area contributed by atoms with Gasteiger partial charge in [-0.2, -0.15) is 13.2 Å². The molecule has 1 spiro atoms. The molecule has 12 heteroatoms. The molecule has 0 N–H and O–H groups in total. The highest BCUT2D eigenvalue weighted by Crippen LogP contribution is 2.42. The molecule has 8 nitrogen and oxygen atoms in total. The van der Waals surface area contributed by atoms with Gasteiger partial charge in [-0.1, -0.05) is 11.3 Å². The van der Waals surface area contributed by atoms with Crippen molar-refractivity contribution in [2.45, 2.75) is 25.4 Å². The van der Waals surface area contributed by atoms with E-state index in [4.69, 9.17) is 4.98 Å². The summed E-state index contributed by atoms with van der Waals surface area (Å²) in [6.45, 7) is 3.30. The van der Waals surface area contributed by atoms with E-state index in [2.05, 4.69) is 34.9 Å². The molecule has 2 aliphatic heterocycles. The summed E-state index contributed by atoms with van der Waals surface area (Å²) in [5, 5.41) is 8.66. The first-order chi connectivity index (χ1) is 14.9. The fourth-order valence-electron chi connectivity index (χ4n) is 4.30. The Balaban J connectivity index is 1.23. The molecule has 0 amide bonds. The summed E-state index contributed by atoms with van der Waals surface area (Å²) < 4.78 is 38.1. The summed E-state index contributed by atoms with van der Waals surface area (Å²) in [7, 11) is 0. The Kier molecular flexibility index (Phi) is 4.95. The van der Waals surface area contributed by atoms with Gasteiger partial charge in [-0.15, -0.1) is 10.2 Å². The summed E-state index contributed by atoms with van der Waals surface area (Å²) in [5.74, 6) is -0.274. The summed E-state index contributed by atoms with van der Waals surface area (Å²) in [6, 6.07) is 0. The molecule has 162 valence electrons. The van der Waals surface area contributed by atoms with E-state index in [0.717, 1.165) is 62.0 Å². The number of alkyl halides is 3. The summed E-state index contributed by atoms with van der Waals surface area (Å²) in [5.41, 5.74) is 3.17. The molecule has 0 saturated carbocycles. The summed E-state index contributed by atoms with van der Waals surface area (Å²) >= 11 is 1.43. The maximum Gasteiger partial charge on any atom is 0.451 e. The number of aromatic nitrogens is 6. The topological polar surface area (TPSA) is 83.8 Å². The number of anilines is 2. The Morgan fingerprint density at radius 1 is 0.935 bits per heavy atom.